The lowest BCUT2D eigenvalue weighted by Gasteiger charge is -2.29. The average Bonchev–Trinajstić information content (AvgIpc) is 3.24. The van der Waals surface area contributed by atoms with Crippen LogP contribution in [0.15, 0.2) is 6.20 Å². The highest BCUT2D eigenvalue weighted by molar-refractivity contribution is 5.92. The first-order valence-corrected chi connectivity index (χ1v) is 9.08. The van der Waals surface area contributed by atoms with Gasteiger partial charge in [0.15, 0.2) is 5.69 Å². The van der Waals surface area contributed by atoms with E-state index in [1.54, 1.807) is 0 Å². The van der Waals surface area contributed by atoms with Gasteiger partial charge in [0.25, 0.3) is 5.91 Å². The van der Waals surface area contributed by atoms with Crippen molar-refractivity contribution < 1.29 is 4.79 Å². The molecular formula is C17H30ClN5O. The predicted molar refractivity (Wildman–Crippen MR) is 96.5 cm³/mol. The largest absolute Gasteiger partial charge is 0.334 e. The molecule has 0 bridgehead atoms. The van der Waals surface area contributed by atoms with Crippen molar-refractivity contribution in [1.82, 2.24) is 25.2 Å². The van der Waals surface area contributed by atoms with Gasteiger partial charge in [-0.1, -0.05) is 31.9 Å². The third kappa shape index (κ3) is 4.48. The zero-order chi connectivity index (χ0) is 16.2. The highest BCUT2D eigenvalue weighted by atomic mass is 35.5. The Morgan fingerprint density at radius 2 is 1.96 bits per heavy atom. The van der Waals surface area contributed by atoms with Crippen molar-refractivity contribution >= 4 is 18.3 Å². The topological polar surface area (TPSA) is 63.1 Å². The van der Waals surface area contributed by atoms with Gasteiger partial charge in [-0.15, -0.1) is 17.5 Å². The molecule has 1 aliphatic heterocycles. The number of nitrogens with one attached hydrogen (secondary N) is 1. The fourth-order valence-electron chi connectivity index (χ4n) is 3.78. The van der Waals surface area contributed by atoms with E-state index in [0.717, 1.165) is 45.3 Å². The molecule has 136 valence electrons. The molecule has 6 nitrogen and oxygen atoms in total. The van der Waals surface area contributed by atoms with Gasteiger partial charge in [0.1, 0.15) is 0 Å². The second-order valence-corrected chi connectivity index (χ2v) is 7.35. The minimum Gasteiger partial charge on any atom is -0.334 e. The van der Waals surface area contributed by atoms with E-state index in [4.69, 9.17) is 0 Å². The van der Waals surface area contributed by atoms with Crippen molar-refractivity contribution in [2.45, 2.75) is 64.5 Å². The molecule has 1 aromatic rings. The molecule has 7 heteroatoms. The van der Waals surface area contributed by atoms with Gasteiger partial charge in [0.2, 0.25) is 0 Å². The Morgan fingerprint density at radius 1 is 1.29 bits per heavy atom. The maximum atomic E-state index is 13.0. The summed E-state index contributed by atoms with van der Waals surface area (Å²) >= 11 is 0. The molecule has 0 unspecified atom stereocenters. The molecule has 24 heavy (non-hydrogen) atoms. The number of nitrogens with zero attached hydrogens (tertiary/aromatic N) is 4. The number of halogens is 1. The Labute approximate surface area is 150 Å². The number of rotatable bonds is 5. The molecule has 1 N–H and O–H groups in total. The molecule has 2 aliphatic rings. The molecule has 3 rings (SSSR count). The minimum absolute atomic E-state index is 0. The Kier molecular flexibility index (Phi) is 7.04. The van der Waals surface area contributed by atoms with E-state index in [0.29, 0.717) is 23.7 Å². The van der Waals surface area contributed by atoms with Gasteiger partial charge in [-0.25, -0.2) is 4.68 Å². The van der Waals surface area contributed by atoms with Crippen LogP contribution in [0.2, 0.25) is 0 Å². The summed E-state index contributed by atoms with van der Waals surface area (Å²) < 4.78 is 1.90. The number of carbonyl (C=O) groups is 1. The first-order valence-electron chi connectivity index (χ1n) is 9.08. The van der Waals surface area contributed by atoms with Crippen LogP contribution >= 0.6 is 12.4 Å². The van der Waals surface area contributed by atoms with Crippen LogP contribution in [-0.2, 0) is 0 Å². The Balaban J connectivity index is 0.00000208. The zero-order valence-electron chi connectivity index (χ0n) is 14.8. The summed E-state index contributed by atoms with van der Waals surface area (Å²) in [6, 6.07) is 0.754. The maximum absolute atomic E-state index is 13.0. The van der Waals surface area contributed by atoms with E-state index in [9.17, 15) is 4.79 Å². The molecule has 2 fully saturated rings. The van der Waals surface area contributed by atoms with Crippen LogP contribution in [0.1, 0.15) is 68.9 Å². The van der Waals surface area contributed by atoms with Crippen molar-refractivity contribution in [2.75, 3.05) is 19.6 Å². The van der Waals surface area contributed by atoms with Crippen LogP contribution in [0.5, 0.6) is 0 Å². The number of hydrogen-bond donors (Lipinski definition) is 1. The van der Waals surface area contributed by atoms with Crippen LogP contribution in [-0.4, -0.2) is 51.5 Å². The van der Waals surface area contributed by atoms with Gasteiger partial charge >= 0.3 is 0 Å². The number of amides is 1. The van der Waals surface area contributed by atoms with E-state index >= 15 is 0 Å². The first-order chi connectivity index (χ1) is 11.1. The van der Waals surface area contributed by atoms with Gasteiger partial charge in [-0.05, 0) is 44.7 Å². The number of piperidine rings is 1. The van der Waals surface area contributed by atoms with Crippen molar-refractivity contribution in [3.63, 3.8) is 0 Å². The average molecular weight is 356 g/mol. The third-order valence-corrected chi connectivity index (χ3v) is 5.00. The molecule has 1 saturated carbocycles. The van der Waals surface area contributed by atoms with Crippen LogP contribution in [0.3, 0.4) is 0 Å². The molecular weight excluding hydrogens is 326 g/mol. The second kappa shape index (κ2) is 8.81. The highest BCUT2D eigenvalue weighted by Gasteiger charge is 2.30. The lowest BCUT2D eigenvalue weighted by molar-refractivity contribution is 0.0649. The van der Waals surface area contributed by atoms with Crippen LogP contribution in [0, 0.1) is 5.92 Å². The van der Waals surface area contributed by atoms with Gasteiger partial charge in [0.05, 0.1) is 12.2 Å². The third-order valence-electron chi connectivity index (χ3n) is 5.00. The summed E-state index contributed by atoms with van der Waals surface area (Å²) in [6.07, 6.45) is 8.68. The van der Waals surface area contributed by atoms with E-state index in [2.05, 4.69) is 34.4 Å². The standard InChI is InChI=1S/C17H29N5O.ClH/c1-13(2)11-21(14-5-3-4-6-14)17(23)16-12-22(20-19-16)15-7-9-18-10-8-15;/h12-15,18H,3-11H2,1-2H3;1H. The Hall–Kier alpha value is -1.14. The molecule has 0 aromatic carbocycles. The predicted octanol–water partition coefficient (Wildman–Crippen LogP) is 2.67. The zero-order valence-corrected chi connectivity index (χ0v) is 15.6. The quantitative estimate of drug-likeness (QED) is 0.882. The summed E-state index contributed by atoms with van der Waals surface area (Å²) in [5.41, 5.74) is 0.510. The van der Waals surface area contributed by atoms with Crippen LogP contribution in [0.4, 0.5) is 0 Å². The molecule has 0 atom stereocenters. The summed E-state index contributed by atoms with van der Waals surface area (Å²) in [5.74, 6) is 0.532. The highest BCUT2D eigenvalue weighted by Crippen LogP contribution is 2.26. The number of aromatic nitrogens is 3. The fourth-order valence-corrected chi connectivity index (χ4v) is 3.78. The molecule has 1 saturated heterocycles. The molecule has 0 spiro atoms. The van der Waals surface area contributed by atoms with Crippen molar-refractivity contribution in [2.24, 2.45) is 5.92 Å². The molecule has 2 heterocycles. The minimum atomic E-state index is 0. The summed E-state index contributed by atoms with van der Waals surface area (Å²) in [5, 5.41) is 11.8. The van der Waals surface area contributed by atoms with E-state index in [1.165, 1.54) is 12.8 Å². The van der Waals surface area contributed by atoms with E-state index < -0.39 is 0 Å². The van der Waals surface area contributed by atoms with Crippen molar-refractivity contribution in [3.05, 3.63) is 11.9 Å². The monoisotopic (exact) mass is 355 g/mol. The SMILES string of the molecule is CC(C)CN(C(=O)c1cn(C2CCNCC2)nn1)C1CCCC1.Cl. The van der Waals surface area contributed by atoms with Crippen LogP contribution < -0.4 is 5.32 Å². The summed E-state index contributed by atoms with van der Waals surface area (Å²) in [6.45, 7) is 7.16. The van der Waals surface area contributed by atoms with E-state index in [-0.39, 0.29) is 18.3 Å². The molecule has 1 aliphatic carbocycles. The van der Waals surface area contributed by atoms with Gasteiger partial charge in [-0.3, -0.25) is 4.79 Å². The maximum Gasteiger partial charge on any atom is 0.276 e. The fraction of sp³-hybridized carbons (Fsp3) is 0.824. The molecule has 1 amide bonds. The first kappa shape index (κ1) is 19.2. The van der Waals surface area contributed by atoms with Crippen molar-refractivity contribution in [3.8, 4) is 0 Å². The Bertz CT molecular complexity index is 521. The smallest absolute Gasteiger partial charge is 0.276 e. The summed E-state index contributed by atoms with van der Waals surface area (Å²) in [4.78, 5) is 15.0. The second-order valence-electron chi connectivity index (χ2n) is 7.35. The van der Waals surface area contributed by atoms with Crippen molar-refractivity contribution in [1.29, 1.82) is 0 Å². The van der Waals surface area contributed by atoms with E-state index in [1.807, 2.05) is 10.9 Å². The number of hydrogen-bond acceptors (Lipinski definition) is 4. The lowest BCUT2D eigenvalue weighted by atomic mass is 10.1. The molecule has 1 aromatic heterocycles. The normalized spacial score (nSPS) is 19.5. The van der Waals surface area contributed by atoms with Gasteiger partial charge < -0.3 is 10.2 Å². The Morgan fingerprint density at radius 3 is 2.58 bits per heavy atom. The molecule has 0 radical (unpaired) electrons. The van der Waals surface area contributed by atoms with Gasteiger partial charge in [0, 0.05) is 12.6 Å². The summed E-state index contributed by atoms with van der Waals surface area (Å²) in [7, 11) is 0. The lowest BCUT2D eigenvalue weighted by Crippen LogP contribution is -2.41. The van der Waals surface area contributed by atoms with Crippen LogP contribution in [0.25, 0.3) is 0 Å². The number of carbonyl (C=O) groups excluding carboxylic acids is 1. The van der Waals surface area contributed by atoms with Gasteiger partial charge in [-0.2, -0.15) is 0 Å².